The number of ketones is 1. The van der Waals surface area contributed by atoms with E-state index in [2.05, 4.69) is 45.7 Å². The number of allylic oxidation sites excluding steroid dienone is 1. The van der Waals surface area contributed by atoms with Gasteiger partial charge in [0.2, 0.25) is 0 Å². The van der Waals surface area contributed by atoms with Crippen LogP contribution < -0.4 is 4.74 Å². The fourth-order valence-electron chi connectivity index (χ4n) is 4.88. The Balaban J connectivity index is 1.49. The van der Waals surface area contributed by atoms with Gasteiger partial charge < -0.3 is 9.72 Å². The number of likely N-dealkylation sites (tertiary alicyclic amines) is 1. The number of nitrogens with one attached hydrogen (secondary N) is 1. The number of hydrogen-bond donors (Lipinski definition) is 1. The Morgan fingerprint density at radius 3 is 2.64 bits per heavy atom. The maximum absolute atomic E-state index is 12.1. The predicted molar refractivity (Wildman–Crippen MR) is 147 cm³/mol. The van der Waals surface area contributed by atoms with Crippen LogP contribution in [0.4, 0.5) is 0 Å². The minimum atomic E-state index is -0.00517. The van der Waals surface area contributed by atoms with Gasteiger partial charge in [0.1, 0.15) is 18.0 Å². The van der Waals surface area contributed by atoms with Crippen molar-refractivity contribution in [2.75, 3.05) is 26.2 Å². The Kier molecular flexibility index (Phi) is 7.21. The molecule has 3 heterocycles. The number of aryl methyl sites for hydroxylation is 1. The van der Waals surface area contributed by atoms with E-state index in [-0.39, 0.29) is 5.78 Å². The third-order valence-electron chi connectivity index (χ3n) is 6.89. The van der Waals surface area contributed by atoms with E-state index in [1.54, 1.807) is 12.3 Å². The molecule has 0 bridgehead atoms. The number of aromatic nitrogens is 2. The average Bonchev–Trinajstić information content (AvgIpc) is 3.54. The number of pyridine rings is 1. The van der Waals surface area contributed by atoms with Gasteiger partial charge in [-0.05, 0) is 91.5 Å². The lowest BCUT2D eigenvalue weighted by Crippen LogP contribution is -2.25. The summed E-state index contributed by atoms with van der Waals surface area (Å²) in [6.07, 6.45) is 5.96. The molecule has 5 nitrogen and oxygen atoms in total. The Labute approximate surface area is 216 Å². The van der Waals surface area contributed by atoms with E-state index in [1.807, 2.05) is 25.1 Å². The number of halogens is 1. The zero-order valence-corrected chi connectivity index (χ0v) is 21.3. The van der Waals surface area contributed by atoms with E-state index in [1.165, 1.54) is 32.0 Å². The number of aromatic amines is 1. The summed E-state index contributed by atoms with van der Waals surface area (Å²) in [5.74, 6) is 0.849. The van der Waals surface area contributed by atoms with Gasteiger partial charge in [-0.2, -0.15) is 0 Å². The molecule has 5 rings (SSSR count). The van der Waals surface area contributed by atoms with Crippen LogP contribution >= 0.6 is 11.6 Å². The molecule has 2 aromatic heterocycles. The highest BCUT2D eigenvalue weighted by Crippen LogP contribution is 2.41. The first-order chi connectivity index (χ1) is 17.5. The van der Waals surface area contributed by atoms with Gasteiger partial charge in [-0.1, -0.05) is 36.4 Å². The number of rotatable bonds is 9. The molecule has 0 radical (unpaired) electrons. The predicted octanol–water partition coefficient (Wildman–Crippen LogP) is 6.63. The summed E-state index contributed by atoms with van der Waals surface area (Å²) in [7, 11) is 0. The quantitative estimate of drug-likeness (QED) is 0.262. The molecular weight excluding hydrogens is 470 g/mol. The summed E-state index contributed by atoms with van der Waals surface area (Å²) in [6.45, 7) is 9.62. The van der Waals surface area contributed by atoms with Gasteiger partial charge in [0, 0.05) is 30.1 Å². The maximum Gasteiger partial charge on any atom is 0.159 e. The normalized spacial score (nSPS) is 13.8. The molecule has 0 saturated carbocycles. The summed E-state index contributed by atoms with van der Waals surface area (Å²) in [6, 6.07) is 16.1. The number of nitrogens with zero attached hydrogens (tertiary/aromatic N) is 2. The summed E-state index contributed by atoms with van der Waals surface area (Å²) >= 11 is 6.68. The van der Waals surface area contributed by atoms with Crippen LogP contribution in [0, 0.1) is 6.92 Å². The molecule has 36 heavy (non-hydrogen) atoms. The van der Waals surface area contributed by atoms with Gasteiger partial charge in [0.05, 0.1) is 10.7 Å². The highest BCUT2D eigenvalue weighted by Gasteiger charge is 2.19. The molecule has 4 aromatic rings. The monoisotopic (exact) mass is 499 g/mol. The van der Waals surface area contributed by atoms with E-state index in [4.69, 9.17) is 16.3 Å². The minimum Gasteiger partial charge on any atom is -0.492 e. The molecule has 0 unspecified atom stereocenters. The first-order valence-corrected chi connectivity index (χ1v) is 12.8. The van der Waals surface area contributed by atoms with Crippen molar-refractivity contribution >= 4 is 28.4 Å². The number of benzene rings is 2. The van der Waals surface area contributed by atoms with Crippen molar-refractivity contribution in [3.8, 4) is 28.1 Å². The Morgan fingerprint density at radius 2 is 1.89 bits per heavy atom. The smallest absolute Gasteiger partial charge is 0.159 e. The van der Waals surface area contributed by atoms with Crippen molar-refractivity contribution in [2.24, 2.45) is 0 Å². The second kappa shape index (κ2) is 10.7. The number of carbonyl (C=O) groups excluding carboxylic acids is 1. The molecule has 1 aliphatic rings. The topological polar surface area (TPSA) is 58.2 Å². The molecule has 2 aromatic carbocycles. The number of hydrogen-bond acceptors (Lipinski definition) is 4. The zero-order chi connectivity index (χ0) is 25.1. The average molecular weight is 500 g/mol. The molecular formula is C30H30ClN3O2. The van der Waals surface area contributed by atoms with Gasteiger partial charge in [0.15, 0.2) is 5.78 Å². The van der Waals surface area contributed by atoms with E-state index in [0.29, 0.717) is 18.1 Å². The first-order valence-electron chi connectivity index (χ1n) is 12.4. The molecule has 0 aliphatic carbocycles. The zero-order valence-electron chi connectivity index (χ0n) is 20.5. The van der Waals surface area contributed by atoms with Gasteiger partial charge in [0.25, 0.3) is 0 Å². The number of ether oxygens (including phenoxy) is 1. The molecule has 0 amide bonds. The molecule has 1 saturated heterocycles. The van der Waals surface area contributed by atoms with Crippen LogP contribution in [0.2, 0.25) is 5.02 Å². The van der Waals surface area contributed by atoms with Crippen LogP contribution in [0.25, 0.3) is 33.4 Å². The summed E-state index contributed by atoms with van der Waals surface area (Å²) < 4.78 is 6.00. The lowest BCUT2D eigenvalue weighted by atomic mass is 9.94. The van der Waals surface area contributed by atoms with Crippen LogP contribution in [0.15, 0.2) is 67.4 Å². The molecule has 184 valence electrons. The minimum absolute atomic E-state index is 0.00517. The summed E-state index contributed by atoms with van der Waals surface area (Å²) in [5.41, 5.74) is 6.65. The molecule has 0 atom stereocenters. The Bertz CT molecular complexity index is 1400. The van der Waals surface area contributed by atoms with E-state index in [9.17, 15) is 4.79 Å². The van der Waals surface area contributed by atoms with Crippen molar-refractivity contribution in [3.63, 3.8) is 0 Å². The van der Waals surface area contributed by atoms with E-state index < -0.39 is 0 Å². The Hall–Kier alpha value is -3.41. The van der Waals surface area contributed by atoms with Crippen LogP contribution in [0.5, 0.6) is 5.75 Å². The van der Waals surface area contributed by atoms with Crippen LogP contribution in [-0.4, -0.2) is 46.9 Å². The first kappa shape index (κ1) is 24.3. The molecule has 0 spiro atoms. The molecule has 1 N–H and O–H groups in total. The van der Waals surface area contributed by atoms with Crippen molar-refractivity contribution < 1.29 is 9.53 Å². The third kappa shape index (κ3) is 5.08. The van der Waals surface area contributed by atoms with Gasteiger partial charge in [-0.3, -0.25) is 9.69 Å². The molecule has 6 heteroatoms. The van der Waals surface area contributed by atoms with E-state index >= 15 is 0 Å². The fourth-order valence-corrected chi connectivity index (χ4v) is 5.12. The SMILES string of the molecule is C=CC(=O)Cc1cc(-c2c(-c3ccc(OCCN4CCCC4)cc3)[nH]c3nccc(Cl)c23)ccc1C. The van der Waals surface area contributed by atoms with Crippen molar-refractivity contribution in [2.45, 2.75) is 26.2 Å². The number of fused-ring (bicyclic) bond motifs is 1. The summed E-state index contributed by atoms with van der Waals surface area (Å²) in [5, 5.41) is 1.49. The van der Waals surface area contributed by atoms with Gasteiger partial charge in [-0.15, -0.1) is 0 Å². The second-order valence-electron chi connectivity index (χ2n) is 9.30. The molecule has 1 fully saturated rings. The van der Waals surface area contributed by atoms with Gasteiger partial charge >= 0.3 is 0 Å². The fraction of sp³-hybridized carbons (Fsp3) is 0.267. The van der Waals surface area contributed by atoms with Crippen LogP contribution in [-0.2, 0) is 11.2 Å². The van der Waals surface area contributed by atoms with Crippen LogP contribution in [0.1, 0.15) is 24.0 Å². The summed E-state index contributed by atoms with van der Waals surface area (Å²) in [4.78, 5) is 22.6. The maximum atomic E-state index is 12.1. The Morgan fingerprint density at radius 1 is 1.14 bits per heavy atom. The highest BCUT2D eigenvalue weighted by atomic mass is 35.5. The standard InChI is InChI=1S/C30H30ClN3O2/c1-3-24(35)19-23-18-22(7-6-20(23)2)27-28-26(31)12-13-32-30(28)33-29(27)21-8-10-25(11-9-21)36-17-16-34-14-4-5-15-34/h3,6-13,18H,1,4-5,14-17,19H2,2H3,(H,32,33). The lowest BCUT2D eigenvalue weighted by molar-refractivity contribution is -0.114. The van der Waals surface area contributed by atoms with Crippen molar-refractivity contribution in [1.82, 2.24) is 14.9 Å². The number of H-pyrrole nitrogens is 1. The largest absolute Gasteiger partial charge is 0.492 e. The van der Waals surface area contributed by atoms with Crippen molar-refractivity contribution in [1.29, 1.82) is 0 Å². The van der Waals surface area contributed by atoms with Crippen LogP contribution in [0.3, 0.4) is 0 Å². The van der Waals surface area contributed by atoms with Crippen molar-refractivity contribution in [3.05, 3.63) is 83.5 Å². The van der Waals surface area contributed by atoms with E-state index in [0.717, 1.165) is 56.8 Å². The van der Waals surface area contributed by atoms with Gasteiger partial charge in [-0.25, -0.2) is 4.98 Å². The number of carbonyl (C=O) groups is 1. The third-order valence-corrected chi connectivity index (χ3v) is 7.21. The highest BCUT2D eigenvalue weighted by molar-refractivity contribution is 6.36. The lowest BCUT2D eigenvalue weighted by Gasteiger charge is -2.15. The second-order valence-corrected chi connectivity index (χ2v) is 9.71. The molecule has 1 aliphatic heterocycles.